The molecular formula is C43H81N3O9. The Kier molecular flexibility index (Phi) is 33.9. The molecule has 0 saturated carbocycles. The van der Waals surface area contributed by atoms with Gasteiger partial charge in [0.25, 0.3) is 0 Å². The molecule has 0 heterocycles. The van der Waals surface area contributed by atoms with Gasteiger partial charge in [-0.15, -0.1) is 0 Å². The van der Waals surface area contributed by atoms with E-state index in [1.54, 1.807) is 0 Å². The van der Waals surface area contributed by atoms with Crippen molar-refractivity contribution in [2.75, 3.05) is 6.61 Å². The molecule has 0 aromatic rings. The maximum atomic E-state index is 13.4. The van der Waals surface area contributed by atoms with E-state index in [1.807, 2.05) is 0 Å². The SMILES string of the molecule is CCCCCCCCCCCCCCCC(=O)OC(C(C[C@H](N)C(N)=O)C(=O)N[C@@H](C)C(=O)O)[C@H](CO)OC(=O)CCCCCCCCCCCCCCC. The topological polar surface area (TPSA) is 208 Å². The lowest BCUT2D eigenvalue weighted by Gasteiger charge is -2.32. The van der Waals surface area contributed by atoms with E-state index in [0.717, 1.165) is 51.4 Å². The van der Waals surface area contributed by atoms with Gasteiger partial charge in [0.2, 0.25) is 11.8 Å². The van der Waals surface area contributed by atoms with Crippen LogP contribution in [0.4, 0.5) is 0 Å². The number of carboxylic acids is 1. The van der Waals surface area contributed by atoms with E-state index >= 15 is 0 Å². The largest absolute Gasteiger partial charge is 0.480 e. The van der Waals surface area contributed by atoms with Gasteiger partial charge in [0.15, 0.2) is 12.2 Å². The first-order chi connectivity index (χ1) is 26.5. The van der Waals surface area contributed by atoms with Crippen molar-refractivity contribution in [2.24, 2.45) is 17.4 Å². The number of aliphatic hydroxyl groups excluding tert-OH is 1. The Balaban J connectivity index is 5.20. The summed E-state index contributed by atoms with van der Waals surface area (Å²) in [7, 11) is 0. The molecule has 0 fully saturated rings. The number of carbonyl (C=O) groups excluding carboxylic acids is 4. The number of esters is 2. The Bertz CT molecular complexity index is 1010. The number of carboxylic acid groups (broad SMARTS) is 1. The zero-order chi connectivity index (χ0) is 41.1. The van der Waals surface area contributed by atoms with Crippen LogP contribution in [0.15, 0.2) is 0 Å². The normalized spacial score (nSPS) is 14.1. The van der Waals surface area contributed by atoms with Crippen molar-refractivity contribution in [1.82, 2.24) is 5.32 Å². The number of hydrogen-bond donors (Lipinski definition) is 5. The van der Waals surface area contributed by atoms with Crippen LogP contribution in [0.3, 0.4) is 0 Å². The van der Waals surface area contributed by atoms with Crippen LogP contribution in [0.1, 0.15) is 207 Å². The summed E-state index contributed by atoms with van der Waals surface area (Å²) in [6.45, 7) is 4.91. The first kappa shape index (κ1) is 52.3. The number of aliphatic carboxylic acids is 1. The number of nitrogens with one attached hydrogen (secondary N) is 1. The molecule has 2 unspecified atom stereocenters. The molecule has 12 heteroatoms. The number of ether oxygens (including phenoxy) is 2. The van der Waals surface area contributed by atoms with Gasteiger partial charge in [0.1, 0.15) is 6.04 Å². The summed E-state index contributed by atoms with van der Waals surface area (Å²) >= 11 is 0. The molecule has 7 N–H and O–H groups in total. The zero-order valence-corrected chi connectivity index (χ0v) is 35.0. The van der Waals surface area contributed by atoms with Crippen LogP contribution in [0.5, 0.6) is 0 Å². The summed E-state index contributed by atoms with van der Waals surface area (Å²) in [6.07, 6.45) is 26.4. The minimum Gasteiger partial charge on any atom is -0.480 e. The van der Waals surface area contributed by atoms with E-state index in [0.29, 0.717) is 12.8 Å². The molecule has 0 aliphatic carbocycles. The van der Waals surface area contributed by atoms with Crippen molar-refractivity contribution >= 4 is 29.7 Å². The highest BCUT2D eigenvalue weighted by atomic mass is 16.6. The second kappa shape index (κ2) is 35.7. The maximum absolute atomic E-state index is 13.4. The highest BCUT2D eigenvalue weighted by Crippen LogP contribution is 2.23. The number of rotatable bonds is 39. The number of unbranched alkanes of at least 4 members (excludes halogenated alkanes) is 24. The van der Waals surface area contributed by atoms with Gasteiger partial charge in [-0.1, -0.05) is 168 Å². The molecule has 0 rings (SSSR count). The van der Waals surface area contributed by atoms with Gasteiger partial charge in [-0.2, -0.15) is 0 Å². The van der Waals surface area contributed by atoms with Crippen LogP contribution >= 0.6 is 0 Å². The van der Waals surface area contributed by atoms with Crippen molar-refractivity contribution in [3.63, 3.8) is 0 Å². The summed E-state index contributed by atoms with van der Waals surface area (Å²) in [6, 6.07) is -2.69. The molecule has 12 nitrogen and oxygen atoms in total. The number of hydrogen-bond acceptors (Lipinski definition) is 9. The Morgan fingerprint density at radius 3 is 1.25 bits per heavy atom. The molecular weight excluding hydrogens is 702 g/mol. The van der Waals surface area contributed by atoms with Gasteiger partial charge in [0.05, 0.1) is 18.6 Å². The Labute approximate surface area is 333 Å². The Morgan fingerprint density at radius 2 is 0.927 bits per heavy atom. The fourth-order valence-electron chi connectivity index (χ4n) is 6.80. The number of nitrogens with two attached hydrogens (primary N) is 2. The van der Waals surface area contributed by atoms with Crippen molar-refractivity contribution in [3.8, 4) is 0 Å². The molecule has 0 saturated heterocycles. The molecule has 5 atom stereocenters. The van der Waals surface area contributed by atoms with Crippen molar-refractivity contribution < 1.29 is 43.7 Å². The smallest absolute Gasteiger partial charge is 0.325 e. The molecule has 0 aromatic heterocycles. The summed E-state index contributed by atoms with van der Waals surface area (Å²) in [4.78, 5) is 63.0. The summed E-state index contributed by atoms with van der Waals surface area (Å²) in [5.41, 5.74) is 11.3. The Morgan fingerprint density at radius 1 is 0.582 bits per heavy atom. The van der Waals surface area contributed by atoms with Crippen LogP contribution in [-0.2, 0) is 33.4 Å². The first-order valence-electron chi connectivity index (χ1n) is 22.1. The van der Waals surface area contributed by atoms with Gasteiger partial charge < -0.3 is 36.5 Å². The third-order valence-electron chi connectivity index (χ3n) is 10.4. The first-order valence-corrected chi connectivity index (χ1v) is 22.1. The highest BCUT2D eigenvalue weighted by molar-refractivity contribution is 5.87. The van der Waals surface area contributed by atoms with Crippen LogP contribution in [0.25, 0.3) is 0 Å². The number of aliphatic hydroxyl groups is 1. The van der Waals surface area contributed by atoms with Gasteiger partial charge in [-0.25, -0.2) is 0 Å². The Hall–Kier alpha value is -2.73. The highest BCUT2D eigenvalue weighted by Gasteiger charge is 2.41. The molecule has 0 aliphatic rings. The van der Waals surface area contributed by atoms with E-state index in [4.69, 9.17) is 20.9 Å². The van der Waals surface area contributed by atoms with E-state index in [9.17, 15) is 34.2 Å². The summed E-state index contributed by atoms with van der Waals surface area (Å²) < 4.78 is 11.3. The molecule has 2 amide bonds. The third-order valence-corrected chi connectivity index (χ3v) is 10.4. The minimum absolute atomic E-state index is 0.0288. The minimum atomic E-state index is -1.54. The number of carbonyl (C=O) groups is 5. The molecule has 0 spiro atoms. The van der Waals surface area contributed by atoms with E-state index in [2.05, 4.69) is 19.2 Å². The van der Waals surface area contributed by atoms with Crippen LogP contribution in [-0.4, -0.2) is 70.8 Å². The van der Waals surface area contributed by atoms with Gasteiger partial charge in [-0.3, -0.25) is 24.0 Å². The summed E-state index contributed by atoms with van der Waals surface area (Å²) in [5, 5.41) is 22.1. The van der Waals surface area contributed by atoms with E-state index in [1.165, 1.54) is 110 Å². The zero-order valence-electron chi connectivity index (χ0n) is 35.0. The molecule has 0 aliphatic heterocycles. The average molecular weight is 784 g/mol. The molecule has 0 aromatic carbocycles. The fourth-order valence-corrected chi connectivity index (χ4v) is 6.80. The van der Waals surface area contributed by atoms with Gasteiger partial charge >= 0.3 is 17.9 Å². The molecule has 0 radical (unpaired) electrons. The maximum Gasteiger partial charge on any atom is 0.325 e. The summed E-state index contributed by atoms with van der Waals surface area (Å²) in [5.74, 6) is -5.88. The predicted molar refractivity (Wildman–Crippen MR) is 218 cm³/mol. The van der Waals surface area contributed by atoms with Crippen molar-refractivity contribution in [3.05, 3.63) is 0 Å². The number of primary amides is 1. The van der Waals surface area contributed by atoms with Gasteiger partial charge in [-0.05, 0) is 26.2 Å². The third kappa shape index (κ3) is 29.2. The fraction of sp³-hybridized carbons (Fsp3) is 0.884. The quantitative estimate of drug-likeness (QED) is 0.0298. The van der Waals surface area contributed by atoms with Gasteiger partial charge in [0, 0.05) is 12.8 Å². The van der Waals surface area contributed by atoms with Crippen LogP contribution in [0, 0.1) is 5.92 Å². The van der Waals surface area contributed by atoms with E-state index in [-0.39, 0.29) is 12.8 Å². The standard InChI is InChI=1S/C43H81N3O9/c1-4-6-8-10-12-14-16-18-20-22-24-26-28-30-38(48)54-37(33-47)40(35(32-36(44)41(45)50)42(51)46-34(3)43(52)53)55-39(49)31-29-27-25-23-21-19-17-15-13-11-9-7-5-2/h34-37,40,47H,4-33,44H2,1-3H3,(H2,45,50)(H,46,51)(H,52,53)/t34-,35?,36-,37-,40?/m0/s1. The second-order valence-corrected chi connectivity index (χ2v) is 15.6. The lowest BCUT2D eigenvalue weighted by molar-refractivity contribution is -0.178. The lowest BCUT2D eigenvalue weighted by Crippen LogP contribution is -2.53. The monoisotopic (exact) mass is 784 g/mol. The lowest BCUT2D eigenvalue weighted by atomic mass is 9.89. The molecule has 322 valence electrons. The molecule has 55 heavy (non-hydrogen) atoms. The second-order valence-electron chi connectivity index (χ2n) is 15.6. The molecule has 0 bridgehead atoms. The van der Waals surface area contributed by atoms with Crippen molar-refractivity contribution in [2.45, 2.75) is 231 Å². The van der Waals surface area contributed by atoms with Crippen LogP contribution in [0.2, 0.25) is 0 Å². The van der Waals surface area contributed by atoms with E-state index < -0.39 is 73.0 Å². The predicted octanol–water partition coefficient (Wildman–Crippen LogP) is 8.17. The van der Waals surface area contributed by atoms with Crippen LogP contribution < -0.4 is 16.8 Å². The van der Waals surface area contributed by atoms with Crippen molar-refractivity contribution in [1.29, 1.82) is 0 Å². The number of amides is 2. The average Bonchev–Trinajstić information content (AvgIpc) is 3.15.